The van der Waals surface area contributed by atoms with Gasteiger partial charge >= 0.3 is 0 Å². The Balaban J connectivity index is 2.40. The van der Waals surface area contributed by atoms with Gasteiger partial charge in [0.25, 0.3) is 0 Å². The molecule has 0 saturated carbocycles. The molecule has 0 amide bonds. The molecule has 5 heteroatoms. The van der Waals surface area contributed by atoms with Crippen molar-refractivity contribution in [3.05, 3.63) is 54.6 Å². The molecule has 0 aliphatic carbocycles. The fraction of sp³-hybridized carbons (Fsp3) is 0.231. The van der Waals surface area contributed by atoms with E-state index < -0.39 is 0 Å². The normalized spacial score (nSPS) is 12.7. The van der Waals surface area contributed by atoms with Crippen LogP contribution in [0.25, 0.3) is 0 Å². The summed E-state index contributed by atoms with van der Waals surface area (Å²) in [6.45, 7) is 2.96. The van der Waals surface area contributed by atoms with E-state index in [2.05, 4.69) is 40.3 Å². The van der Waals surface area contributed by atoms with E-state index in [9.17, 15) is 0 Å². The molecular formula is C13H12BrCl2NS. The highest BCUT2D eigenvalue weighted by Gasteiger charge is 2.16. The lowest BCUT2D eigenvalue weighted by molar-refractivity contribution is 0.639. The number of benzene rings is 1. The second-order valence-corrected chi connectivity index (χ2v) is 6.93. The average molecular weight is 365 g/mol. The molecule has 0 aliphatic heterocycles. The Kier molecular flexibility index (Phi) is 5.10. The van der Waals surface area contributed by atoms with Crippen molar-refractivity contribution in [1.29, 1.82) is 0 Å². The van der Waals surface area contributed by atoms with Gasteiger partial charge in [0.15, 0.2) is 0 Å². The van der Waals surface area contributed by atoms with Crippen molar-refractivity contribution in [2.24, 2.45) is 0 Å². The Morgan fingerprint density at radius 2 is 2.06 bits per heavy atom. The lowest BCUT2D eigenvalue weighted by Crippen LogP contribution is -2.21. The first kappa shape index (κ1) is 14.4. The van der Waals surface area contributed by atoms with Crippen molar-refractivity contribution < 1.29 is 0 Å². The number of hydrogen-bond acceptors (Lipinski definition) is 2. The van der Waals surface area contributed by atoms with E-state index in [4.69, 9.17) is 23.2 Å². The van der Waals surface area contributed by atoms with Crippen LogP contribution in [0.15, 0.2) is 34.8 Å². The highest BCUT2D eigenvalue weighted by atomic mass is 79.9. The van der Waals surface area contributed by atoms with Gasteiger partial charge in [-0.2, -0.15) is 0 Å². The van der Waals surface area contributed by atoms with Crippen LogP contribution in [0.1, 0.15) is 23.4 Å². The summed E-state index contributed by atoms with van der Waals surface area (Å²) in [5.74, 6) is 0. The minimum atomic E-state index is 0.127. The van der Waals surface area contributed by atoms with Crippen LogP contribution in [0, 0.1) is 0 Å². The van der Waals surface area contributed by atoms with Crippen LogP contribution in [0.2, 0.25) is 9.36 Å². The average Bonchev–Trinajstić information content (AvgIpc) is 2.71. The minimum Gasteiger partial charge on any atom is -0.306 e. The molecule has 1 aromatic carbocycles. The molecule has 0 saturated heterocycles. The molecule has 2 rings (SSSR count). The second kappa shape index (κ2) is 6.40. The van der Waals surface area contributed by atoms with Gasteiger partial charge < -0.3 is 5.32 Å². The Morgan fingerprint density at radius 3 is 2.61 bits per heavy atom. The van der Waals surface area contributed by atoms with Crippen molar-refractivity contribution in [1.82, 2.24) is 5.32 Å². The molecule has 18 heavy (non-hydrogen) atoms. The molecule has 1 N–H and O–H groups in total. The summed E-state index contributed by atoms with van der Waals surface area (Å²) >= 11 is 17.2. The lowest BCUT2D eigenvalue weighted by Gasteiger charge is -2.17. The van der Waals surface area contributed by atoms with Crippen molar-refractivity contribution >= 4 is 50.5 Å². The van der Waals surface area contributed by atoms with Crippen LogP contribution in [0.4, 0.5) is 0 Å². The number of rotatable bonds is 4. The molecule has 1 aromatic heterocycles. The summed E-state index contributed by atoms with van der Waals surface area (Å²) in [7, 11) is 0. The van der Waals surface area contributed by atoms with Crippen molar-refractivity contribution in [2.45, 2.75) is 13.0 Å². The molecule has 1 nitrogen and oxygen atoms in total. The number of nitrogens with one attached hydrogen (secondary N) is 1. The Hall–Kier alpha value is -0.0600. The van der Waals surface area contributed by atoms with Gasteiger partial charge in [0, 0.05) is 14.4 Å². The van der Waals surface area contributed by atoms with E-state index in [1.165, 1.54) is 4.88 Å². The maximum Gasteiger partial charge on any atom is 0.0931 e. The van der Waals surface area contributed by atoms with Crippen LogP contribution < -0.4 is 5.32 Å². The second-order valence-electron chi connectivity index (χ2n) is 3.84. The van der Waals surface area contributed by atoms with Gasteiger partial charge in [-0.25, -0.2) is 0 Å². The molecule has 0 bridgehead atoms. The maximum atomic E-state index is 6.11. The van der Waals surface area contributed by atoms with Crippen LogP contribution in [-0.4, -0.2) is 6.54 Å². The molecule has 1 unspecified atom stereocenters. The third-order valence-electron chi connectivity index (χ3n) is 2.50. The molecule has 0 fully saturated rings. The first-order valence-corrected chi connectivity index (χ1v) is 7.91. The standard InChI is InChI=1S/C13H12BrCl2NS/c1-2-17-13(11-3-4-12(16)18-11)8-5-9(14)7-10(15)6-8/h3-7,13,17H,2H2,1H3. The first-order chi connectivity index (χ1) is 8.60. The fourth-order valence-electron chi connectivity index (χ4n) is 1.81. The SMILES string of the molecule is CCNC(c1cc(Cl)cc(Br)c1)c1ccc(Cl)s1. The quantitative estimate of drug-likeness (QED) is 0.753. The number of hydrogen-bond donors (Lipinski definition) is 1. The Bertz CT molecular complexity index is 521. The highest BCUT2D eigenvalue weighted by Crippen LogP contribution is 2.33. The molecule has 0 radical (unpaired) electrons. The summed E-state index contributed by atoms with van der Waals surface area (Å²) in [6, 6.07) is 10.0. The predicted molar refractivity (Wildman–Crippen MR) is 84.0 cm³/mol. The minimum absolute atomic E-state index is 0.127. The zero-order valence-corrected chi connectivity index (χ0v) is 13.6. The topological polar surface area (TPSA) is 12.0 Å². The van der Waals surface area contributed by atoms with Gasteiger partial charge in [0.2, 0.25) is 0 Å². The van der Waals surface area contributed by atoms with Crippen LogP contribution in [-0.2, 0) is 0 Å². The third-order valence-corrected chi connectivity index (χ3v) is 4.48. The van der Waals surface area contributed by atoms with E-state index in [-0.39, 0.29) is 6.04 Å². The summed E-state index contributed by atoms with van der Waals surface area (Å²) in [6.07, 6.45) is 0. The highest BCUT2D eigenvalue weighted by molar-refractivity contribution is 9.10. The zero-order valence-electron chi connectivity index (χ0n) is 9.71. The number of halogens is 3. The summed E-state index contributed by atoms with van der Waals surface area (Å²) in [5, 5.41) is 4.18. The number of thiophene rings is 1. The molecule has 0 aliphatic rings. The van der Waals surface area contributed by atoms with E-state index >= 15 is 0 Å². The van der Waals surface area contributed by atoms with Gasteiger partial charge in [-0.05, 0) is 42.4 Å². The molecule has 1 atom stereocenters. The summed E-state index contributed by atoms with van der Waals surface area (Å²) in [5.41, 5.74) is 1.13. The zero-order chi connectivity index (χ0) is 13.1. The summed E-state index contributed by atoms with van der Waals surface area (Å²) in [4.78, 5) is 1.19. The van der Waals surface area contributed by atoms with E-state index in [1.807, 2.05) is 18.2 Å². The van der Waals surface area contributed by atoms with Crippen molar-refractivity contribution in [3.63, 3.8) is 0 Å². The fourth-order valence-corrected chi connectivity index (χ4v) is 3.86. The van der Waals surface area contributed by atoms with Crippen molar-refractivity contribution in [2.75, 3.05) is 6.54 Å². The molecule has 0 spiro atoms. The van der Waals surface area contributed by atoms with Crippen LogP contribution in [0.5, 0.6) is 0 Å². The molecule has 2 aromatic rings. The van der Waals surface area contributed by atoms with Crippen LogP contribution in [0.3, 0.4) is 0 Å². The third kappa shape index (κ3) is 3.49. The van der Waals surface area contributed by atoms with Gasteiger partial charge in [-0.15, -0.1) is 11.3 Å². The van der Waals surface area contributed by atoms with Gasteiger partial charge in [0.1, 0.15) is 0 Å². The maximum absolute atomic E-state index is 6.11. The summed E-state index contributed by atoms with van der Waals surface area (Å²) < 4.78 is 1.78. The molecule has 96 valence electrons. The van der Waals surface area contributed by atoms with E-state index in [0.717, 1.165) is 25.9 Å². The molecular weight excluding hydrogens is 353 g/mol. The van der Waals surface area contributed by atoms with Gasteiger partial charge in [0.05, 0.1) is 10.4 Å². The van der Waals surface area contributed by atoms with Crippen molar-refractivity contribution in [3.8, 4) is 0 Å². The first-order valence-electron chi connectivity index (χ1n) is 5.54. The van der Waals surface area contributed by atoms with Gasteiger partial charge in [-0.1, -0.05) is 46.1 Å². The lowest BCUT2D eigenvalue weighted by atomic mass is 10.1. The van der Waals surface area contributed by atoms with E-state index in [0.29, 0.717) is 0 Å². The van der Waals surface area contributed by atoms with Crippen LogP contribution >= 0.6 is 50.5 Å². The Morgan fingerprint density at radius 1 is 1.28 bits per heavy atom. The smallest absolute Gasteiger partial charge is 0.0931 e. The molecule has 1 heterocycles. The van der Waals surface area contributed by atoms with Gasteiger partial charge in [-0.3, -0.25) is 0 Å². The van der Waals surface area contributed by atoms with E-state index in [1.54, 1.807) is 11.3 Å². The predicted octanol–water partition coefficient (Wildman–Crippen LogP) is 5.52. The Labute approximate surface area is 129 Å². The largest absolute Gasteiger partial charge is 0.306 e. The monoisotopic (exact) mass is 363 g/mol.